The molecule has 0 unspecified atom stereocenters. The Morgan fingerprint density at radius 2 is 1.78 bits per heavy atom. The van der Waals surface area contributed by atoms with E-state index in [1.807, 2.05) is 19.1 Å². The first-order valence-electron chi connectivity index (χ1n) is 8.44. The van der Waals surface area contributed by atoms with Gasteiger partial charge in [-0.05, 0) is 24.6 Å². The topological polar surface area (TPSA) is 88.1 Å². The highest BCUT2D eigenvalue weighted by molar-refractivity contribution is 6.47. The molecule has 2 aliphatic heterocycles. The average Bonchev–Trinajstić information content (AvgIpc) is 3.19. The maximum Gasteiger partial charge on any atom is 0.355 e. The van der Waals surface area contributed by atoms with Crippen molar-refractivity contribution >= 4 is 29.2 Å². The van der Waals surface area contributed by atoms with Crippen LogP contribution in [0.5, 0.6) is 0 Å². The molecule has 2 heterocycles. The summed E-state index contributed by atoms with van der Waals surface area (Å²) in [6.45, 7) is 1.93. The van der Waals surface area contributed by atoms with E-state index in [9.17, 15) is 14.4 Å². The number of imide groups is 1. The standard InChI is InChI=1S/C20H17N3O4/c1-12-8-10-13(11-9-12)20-15(16(21-22-20)18(25)27-2)17(24)23(19(20)26)14-6-4-3-5-7-14/h3-11,15,22H,1-2H3/t15-,20-/m1/s1. The van der Waals surface area contributed by atoms with Crippen molar-refractivity contribution in [1.29, 1.82) is 0 Å². The molecule has 1 N–H and O–H groups in total. The SMILES string of the molecule is COC(=O)C1=NN[C@@]2(c3ccc(C)cc3)C(=O)N(c3ccccc3)C(=O)[C@@H]12. The molecule has 2 aromatic carbocycles. The van der Waals surface area contributed by atoms with Crippen LogP contribution in [0.3, 0.4) is 0 Å². The van der Waals surface area contributed by atoms with Crippen LogP contribution in [-0.4, -0.2) is 30.6 Å². The minimum absolute atomic E-state index is 0.102. The molecule has 2 atom stereocenters. The van der Waals surface area contributed by atoms with E-state index in [4.69, 9.17) is 4.74 Å². The lowest BCUT2D eigenvalue weighted by molar-refractivity contribution is -0.133. The first kappa shape index (κ1) is 17.0. The van der Waals surface area contributed by atoms with E-state index in [2.05, 4.69) is 10.5 Å². The van der Waals surface area contributed by atoms with E-state index in [0.717, 1.165) is 10.5 Å². The normalized spacial score (nSPS) is 23.7. The van der Waals surface area contributed by atoms with Crippen LogP contribution in [0.4, 0.5) is 5.69 Å². The number of ether oxygens (including phenoxy) is 1. The summed E-state index contributed by atoms with van der Waals surface area (Å²) in [5.41, 5.74) is 3.24. The second kappa shape index (κ2) is 6.05. The minimum atomic E-state index is -1.47. The predicted octanol–water partition coefficient (Wildman–Crippen LogP) is 1.51. The maximum absolute atomic E-state index is 13.5. The molecular weight excluding hydrogens is 346 g/mol. The van der Waals surface area contributed by atoms with Crippen molar-refractivity contribution in [2.75, 3.05) is 12.0 Å². The molecule has 0 radical (unpaired) electrons. The molecule has 2 amide bonds. The number of nitrogens with one attached hydrogen (secondary N) is 1. The zero-order chi connectivity index (χ0) is 19.2. The summed E-state index contributed by atoms with van der Waals surface area (Å²) < 4.78 is 4.78. The Kier molecular flexibility index (Phi) is 3.80. The number of aryl methyl sites for hydroxylation is 1. The van der Waals surface area contributed by atoms with Gasteiger partial charge < -0.3 is 4.74 Å². The Bertz CT molecular complexity index is 968. The van der Waals surface area contributed by atoms with E-state index >= 15 is 0 Å². The van der Waals surface area contributed by atoms with Gasteiger partial charge in [0.1, 0.15) is 5.92 Å². The molecule has 0 bridgehead atoms. The summed E-state index contributed by atoms with van der Waals surface area (Å²) in [5, 5.41) is 4.01. The van der Waals surface area contributed by atoms with Crippen molar-refractivity contribution in [3.63, 3.8) is 0 Å². The number of para-hydroxylation sites is 1. The molecule has 136 valence electrons. The monoisotopic (exact) mass is 363 g/mol. The maximum atomic E-state index is 13.5. The number of hydrogen-bond acceptors (Lipinski definition) is 6. The van der Waals surface area contributed by atoms with E-state index in [-0.39, 0.29) is 5.71 Å². The van der Waals surface area contributed by atoms with Crippen LogP contribution in [0.15, 0.2) is 59.7 Å². The van der Waals surface area contributed by atoms with Crippen molar-refractivity contribution in [3.05, 3.63) is 65.7 Å². The largest absolute Gasteiger partial charge is 0.464 e. The summed E-state index contributed by atoms with van der Waals surface area (Å²) in [5.74, 6) is -2.82. The second-order valence-electron chi connectivity index (χ2n) is 6.52. The Morgan fingerprint density at radius 1 is 1.11 bits per heavy atom. The molecule has 1 saturated heterocycles. The lowest BCUT2D eigenvalue weighted by Crippen LogP contribution is -2.48. The number of nitrogens with zero attached hydrogens (tertiary/aromatic N) is 2. The number of hydrogen-bond donors (Lipinski definition) is 1. The van der Waals surface area contributed by atoms with Crippen molar-refractivity contribution < 1.29 is 19.1 Å². The molecule has 2 aromatic rings. The quantitative estimate of drug-likeness (QED) is 0.660. The molecule has 4 rings (SSSR count). The molecular formula is C20H17N3O4. The van der Waals surface area contributed by atoms with Gasteiger partial charge in [0.25, 0.3) is 5.91 Å². The van der Waals surface area contributed by atoms with E-state index in [1.165, 1.54) is 7.11 Å². The number of rotatable bonds is 3. The van der Waals surface area contributed by atoms with E-state index in [1.54, 1.807) is 42.5 Å². The summed E-state index contributed by atoms with van der Waals surface area (Å²) in [6, 6.07) is 15.9. The number of methoxy groups -OCH3 is 1. The van der Waals surface area contributed by atoms with Crippen molar-refractivity contribution in [2.45, 2.75) is 12.5 Å². The fourth-order valence-electron chi connectivity index (χ4n) is 3.62. The third-order valence-corrected chi connectivity index (χ3v) is 4.98. The van der Waals surface area contributed by atoms with Gasteiger partial charge in [-0.3, -0.25) is 15.0 Å². The molecule has 7 nitrogen and oxygen atoms in total. The number of benzene rings is 2. The van der Waals surface area contributed by atoms with Crippen LogP contribution in [-0.2, 0) is 24.7 Å². The number of hydrazone groups is 1. The van der Waals surface area contributed by atoms with E-state index < -0.39 is 29.2 Å². The van der Waals surface area contributed by atoms with Crippen LogP contribution >= 0.6 is 0 Å². The molecule has 1 fully saturated rings. The van der Waals surface area contributed by atoms with Crippen molar-refractivity contribution in [3.8, 4) is 0 Å². The van der Waals surface area contributed by atoms with Gasteiger partial charge in [0.05, 0.1) is 12.8 Å². The first-order chi connectivity index (χ1) is 13.0. The smallest absolute Gasteiger partial charge is 0.355 e. The molecule has 0 aliphatic carbocycles. The fourth-order valence-corrected chi connectivity index (χ4v) is 3.62. The molecule has 2 aliphatic rings. The fraction of sp³-hybridized carbons (Fsp3) is 0.200. The number of esters is 1. The van der Waals surface area contributed by atoms with Gasteiger partial charge >= 0.3 is 5.97 Å². The summed E-state index contributed by atoms with van der Waals surface area (Å²) >= 11 is 0. The van der Waals surface area contributed by atoms with Crippen LogP contribution in [0, 0.1) is 12.8 Å². The van der Waals surface area contributed by atoms with Crippen LogP contribution < -0.4 is 10.3 Å². The van der Waals surface area contributed by atoms with Crippen LogP contribution in [0.1, 0.15) is 11.1 Å². The van der Waals surface area contributed by atoms with Gasteiger partial charge in [0.2, 0.25) is 5.91 Å². The number of carbonyl (C=O) groups is 3. The molecule has 27 heavy (non-hydrogen) atoms. The van der Waals surface area contributed by atoms with Crippen molar-refractivity contribution in [2.24, 2.45) is 11.0 Å². The van der Waals surface area contributed by atoms with Crippen molar-refractivity contribution in [1.82, 2.24) is 5.43 Å². The van der Waals surface area contributed by atoms with Gasteiger partial charge in [-0.2, -0.15) is 5.10 Å². The highest BCUT2D eigenvalue weighted by Crippen LogP contribution is 2.44. The second-order valence-corrected chi connectivity index (χ2v) is 6.52. The zero-order valence-electron chi connectivity index (χ0n) is 14.8. The Morgan fingerprint density at radius 3 is 2.41 bits per heavy atom. The zero-order valence-corrected chi connectivity index (χ0v) is 14.8. The Labute approximate surface area is 155 Å². The third kappa shape index (κ3) is 2.28. The van der Waals surface area contributed by atoms with Gasteiger partial charge in [-0.1, -0.05) is 48.0 Å². The molecule has 7 heteroatoms. The van der Waals surface area contributed by atoms with Gasteiger partial charge in [0.15, 0.2) is 11.3 Å². The van der Waals surface area contributed by atoms with Gasteiger partial charge in [-0.15, -0.1) is 0 Å². The lowest BCUT2D eigenvalue weighted by Gasteiger charge is -2.26. The molecule has 0 aromatic heterocycles. The van der Waals surface area contributed by atoms with Crippen LogP contribution in [0.25, 0.3) is 0 Å². The minimum Gasteiger partial charge on any atom is -0.464 e. The average molecular weight is 363 g/mol. The Hall–Kier alpha value is -3.48. The first-order valence-corrected chi connectivity index (χ1v) is 8.44. The molecule has 0 saturated carbocycles. The van der Waals surface area contributed by atoms with E-state index in [0.29, 0.717) is 11.3 Å². The number of amides is 2. The van der Waals surface area contributed by atoms with Gasteiger partial charge in [-0.25, -0.2) is 9.69 Å². The highest BCUT2D eigenvalue weighted by atomic mass is 16.5. The number of carbonyl (C=O) groups excluding carboxylic acids is 3. The van der Waals surface area contributed by atoms with Crippen LogP contribution in [0.2, 0.25) is 0 Å². The number of fused-ring (bicyclic) bond motifs is 1. The third-order valence-electron chi connectivity index (χ3n) is 4.98. The van der Waals surface area contributed by atoms with Gasteiger partial charge in [0, 0.05) is 0 Å². The summed E-state index contributed by atoms with van der Waals surface area (Å²) in [4.78, 5) is 40.0. The molecule has 0 spiro atoms. The summed E-state index contributed by atoms with van der Waals surface area (Å²) in [6.07, 6.45) is 0. The lowest BCUT2D eigenvalue weighted by atomic mass is 9.78. The number of anilines is 1. The highest BCUT2D eigenvalue weighted by Gasteiger charge is 2.67. The Balaban J connectivity index is 1.90. The predicted molar refractivity (Wildman–Crippen MR) is 97.9 cm³/mol. The summed E-state index contributed by atoms with van der Waals surface area (Å²) in [7, 11) is 1.22.